The molecule has 1 atom stereocenters. The summed E-state index contributed by atoms with van der Waals surface area (Å²) >= 11 is 3.50. The molecule has 0 fully saturated rings. The molecule has 1 unspecified atom stereocenters. The van der Waals surface area contributed by atoms with Gasteiger partial charge in [-0.1, -0.05) is 21.1 Å². The first-order chi connectivity index (χ1) is 8.15. The molecule has 1 aromatic heterocycles. The summed E-state index contributed by atoms with van der Waals surface area (Å²) in [6.45, 7) is 2.05. The van der Waals surface area contributed by atoms with Gasteiger partial charge in [-0.15, -0.1) is 0 Å². The minimum absolute atomic E-state index is 0.194. The number of aromatic nitrogens is 1. The summed E-state index contributed by atoms with van der Waals surface area (Å²) in [5, 5.41) is 3.70. The van der Waals surface area contributed by atoms with Gasteiger partial charge in [-0.3, -0.25) is 0 Å². The van der Waals surface area contributed by atoms with Gasteiger partial charge in [0.1, 0.15) is 11.9 Å². The fourth-order valence-corrected chi connectivity index (χ4v) is 2.65. The number of nitrogens with two attached hydrogens (primary N) is 1. The molecule has 0 bridgehead atoms. The average molecular weight is 295 g/mol. The van der Waals surface area contributed by atoms with Crippen LogP contribution in [0.25, 0.3) is 11.1 Å². The van der Waals surface area contributed by atoms with E-state index in [2.05, 4.69) is 34.1 Å². The van der Waals surface area contributed by atoms with Crippen LogP contribution in [0.3, 0.4) is 0 Å². The Balaban J connectivity index is 2.21. The third-order valence-corrected chi connectivity index (χ3v) is 3.30. The lowest BCUT2D eigenvalue weighted by Gasteiger charge is -2.08. The molecule has 3 rings (SSSR count). The topological polar surface area (TPSA) is 61.3 Å². The van der Waals surface area contributed by atoms with E-state index in [1.165, 1.54) is 5.56 Å². The maximum Gasteiger partial charge on any atom is 0.230 e. The maximum absolute atomic E-state index is 5.83. The molecule has 17 heavy (non-hydrogen) atoms. The standard InChI is InChI=1S/C12H11BrN2O2/c1-6-2-7-3-8(13)4-9(11(7)16-6)10-5-15-17-12(10)14/h3-6H,2,14H2,1H3. The molecule has 5 heteroatoms. The highest BCUT2D eigenvalue weighted by Crippen LogP contribution is 2.42. The Hall–Kier alpha value is -1.49. The summed E-state index contributed by atoms with van der Waals surface area (Å²) < 4.78 is 11.7. The Morgan fingerprint density at radius 1 is 1.41 bits per heavy atom. The van der Waals surface area contributed by atoms with Crippen LogP contribution in [0.4, 0.5) is 5.88 Å². The van der Waals surface area contributed by atoms with Crippen molar-refractivity contribution in [2.75, 3.05) is 5.73 Å². The second-order valence-electron chi connectivity index (χ2n) is 4.18. The number of fused-ring (bicyclic) bond motifs is 1. The third kappa shape index (κ3) is 1.70. The van der Waals surface area contributed by atoms with Crippen molar-refractivity contribution in [1.82, 2.24) is 5.16 Å². The predicted octanol–water partition coefficient (Wildman–Crippen LogP) is 3.01. The first kappa shape index (κ1) is 10.7. The van der Waals surface area contributed by atoms with Gasteiger partial charge in [0, 0.05) is 16.5 Å². The molecule has 2 heterocycles. The molecular weight excluding hydrogens is 284 g/mol. The van der Waals surface area contributed by atoms with Crippen LogP contribution in [0.5, 0.6) is 5.75 Å². The van der Waals surface area contributed by atoms with E-state index >= 15 is 0 Å². The number of benzene rings is 1. The number of rotatable bonds is 1. The minimum atomic E-state index is 0.194. The van der Waals surface area contributed by atoms with Crippen LogP contribution in [-0.2, 0) is 6.42 Å². The highest BCUT2D eigenvalue weighted by atomic mass is 79.9. The summed E-state index contributed by atoms with van der Waals surface area (Å²) in [5.74, 6) is 1.20. The molecule has 0 aliphatic carbocycles. The second kappa shape index (κ2) is 3.77. The number of nitrogen functional groups attached to an aromatic ring is 1. The summed E-state index contributed by atoms with van der Waals surface area (Å²) in [4.78, 5) is 0. The molecule has 0 spiro atoms. The monoisotopic (exact) mass is 294 g/mol. The number of halogens is 1. The quantitative estimate of drug-likeness (QED) is 0.878. The molecule has 1 aromatic carbocycles. The smallest absolute Gasteiger partial charge is 0.230 e. The first-order valence-corrected chi connectivity index (χ1v) is 6.14. The molecule has 4 nitrogen and oxygen atoms in total. The summed E-state index contributed by atoms with van der Waals surface area (Å²) in [5.41, 5.74) is 8.64. The fourth-order valence-electron chi connectivity index (χ4n) is 2.14. The number of hydrogen-bond acceptors (Lipinski definition) is 4. The molecule has 1 aliphatic rings. The Morgan fingerprint density at radius 3 is 2.94 bits per heavy atom. The first-order valence-electron chi connectivity index (χ1n) is 5.34. The number of nitrogens with zero attached hydrogens (tertiary/aromatic N) is 1. The molecule has 2 N–H and O–H groups in total. The highest BCUT2D eigenvalue weighted by molar-refractivity contribution is 9.10. The molecule has 0 saturated heterocycles. The van der Waals surface area contributed by atoms with Gasteiger partial charge in [0.15, 0.2) is 0 Å². The van der Waals surface area contributed by atoms with Gasteiger partial charge in [0.05, 0.1) is 11.8 Å². The van der Waals surface area contributed by atoms with Crippen LogP contribution in [0.2, 0.25) is 0 Å². The Labute approximate surface area is 107 Å². The summed E-state index contributed by atoms with van der Waals surface area (Å²) in [7, 11) is 0. The Morgan fingerprint density at radius 2 is 2.24 bits per heavy atom. The SMILES string of the molecule is CC1Cc2cc(Br)cc(-c3cnoc3N)c2O1. The Bertz CT molecular complexity index is 580. The zero-order valence-corrected chi connectivity index (χ0v) is 10.8. The lowest BCUT2D eigenvalue weighted by molar-refractivity contribution is 0.255. The van der Waals surface area contributed by atoms with Crippen molar-refractivity contribution in [1.29, 1.82) is 0 Å². The molecular formula is C12H11BrN2O2. The molecule has 88 valence electrons. The van der Waals surface area contributed by atoms with E-state index in [0.717, 1.165) is 27.8 Å². The summed E-state index contributed by atoms with van der Waals surface area (Å²) in [6, 6.07) is 4.05. The van der Waals surface area contributed by atoms with Crippen molar-refractivity contribution >= 4 is 21.8 Å². The van der Waals surface area contributed by atoms with Crippen LogP contribution < -0.4 is 10.5 Å². The lowest BCUT2D eigenvalue weighted by atomic mass is 10.0. The van der Waals surface area contributed by atoms with Gasteiger partial charge in [-0.25, -0.2) is 0 Å². The average Bonchev–Trinajstić information content (AvgIpc) is 2.82. The molecule has 1 aliphatic heterocycles. The maximum atomic E-state index is 5.83. The zero-order chi connectivity index (χ0) is 12.0. The number of ether oxygens (including phenoxy) is 1. The van der Waals surface area contributed by atoms with Crippen molar-refractivity contribution < 1.29 is 9.26 Å². The van der Waals surface area contributed by atoms with E-state index in [1.54, 1.807) is 6.20 Å². The number of anilines is 1. The van der Waals surface area contributed by atoms with E-state index in [0.29, 0.717) is 5.88 Å². The van der Waals surface area contributed by atoms with Gasteiger partial charge in [-0.05, 0) is 24.6 Å². The van der Waals surface area contributed by atoms with E-state index < -0.39 is 0 Å². The Kier molecular flexibility index (Phi) is 2.36. The third-order valence-electron chi connectivity index (χ3n) is 2.85. The van der Waals surface area contributed by atoms with Gasteiger partial charge >= 0.3 is 0 Å². The normalized spacial score (nSPS) is 17.9. The van der Waals surface area contributed by atoms with E-state index in [4.69, 9.17) is 15.0 Å². The van der Waals surface area contributed by atoms with Crippen LogP contribution >= 0.6 is 15.9 Å². The second-order valence-corrected chi connectivity index (χ2v) is 5.09. The van der Waals surface area contributed by atoms with Crippen molar-refractivity contribution in [3.05, 3.63) is 28.4 Å². The largest absolute Gasteiger partial charge is 0.489 e. The zero-order valence-electron chi connectivity index (χ0n) is 9.24. The number of hydrogen-bond donors (Lipinski definition) is 1. The molecule has 0 saturated carbocycles. The molecule has 2 aromatic rings. The van der Waals surface area contributed by atoms with Gasteiger partial charge < -0.3 is 15.0 Å². The van der Waals surface area contributed by atoms with Crippen molar-refractivity contribution in [3.63, 3.8) is 0 Å². The van der Waals surface area contributed by atoms with Crippen LogP contribution in [-0.4, -0.2) is 11.3 Å². The van der Waals surface area contributed by atoms with E-state index in [-0.39, 0.29) is 6.10 Å². The van der Waals surface area contributed by atoms with Crippen molar-refractivity contribution in [2.45, 2.75) is 19.4 Å². The van der Waals surface area contributed by atoms with Crippen LogP contribution in [0.1, 0.15) is 12.5 Å². The molecule has 0 amide bonds. The highest BCUT2D eigenvalue weighted by Gasteiger charge is 2.25. The predicted molar refractivity (Wildman–Crippen MR) is 67.8 cm³/mol. The van der Waals surface area contributed by atoms with Gasteiger partial charge in [0.2, 0.25) is 5.88 Å². The van der Waals surface area contributed by atoms with Gasteiger partial charge in [0.25, 0.3) is 0 Å². The fraction of sp³-hybridized carbons (Fsp3) is 0.250. The van der Waals surface area contributed by atoms with E-state index in [1.807, 2.05) is 6.07 Å². The summed E-state index contributed by atoms with van der Waals surface area (Å²) in [6.07, 6.45) is 2.72. The van der Waals surface area contributed by atoms with Crippen LogP contribution in [0.15, 0.2) is 27.3 Å². The van der Waals surface area contributed by atoms with Crippen LogP contribution in [0, 0.1) is 0 Å². The van der Waals surface area contributed by atoms with E-state index in [9.17, 15) is 0 Å². The van der Waals surface area contributed by atoms with Crippen molar-refractivity contribution in [2.24, 2.45) is 0 Å². The van der Waals surface area contributed by atoms with Gasteiger partial charge in [-0.2, -0.15) is 0 Å². The molecule has 0 radical (unpaired) electrons. The minimum Gasteiger partial charge on any atom is -0.489 e. The van der Waals surface area contributed by atoms with Crippen molar-refractivity contribution in [3.8, 4) is 16.9 Å². The lowest BCUT2D eigenvalue weighted by Crippen LogP contribution is -2.05.